The summed E-state index contributed by atoms with van der Waals surface area (Å²) in [4.78, 5) is 11.9. The van der Waals surface area contributed by atoms with Gasteiger partial charge in [0.1, 0.15) is 0 Å². The van der Waals surface area contributed by atoms with Gasteiger partial charge in [-0.1, -0.05) is 30.3 Å². The van der Waals surface area contributed by atoms with Crippen LogP contribution in [0.3, 0.4) is 0 Å². The van der Waals surface area contributed by atoms with Crippen LogP contribution in [0.4, 0.5) is 0 Å². The highest BCUT2D eigenvalue weighted by atomic mass is 31.2. The Morgan fingerprint density at radius 2 is 1.62 bits per heavy atom. The zero-order valence-electron chi connectivity index (χ0n) is 15.0. The van der Waals surface area contributed by atoms with Gasteiger partial charge in [-0.3, -0.25) is 4.57 Å². The maximum Gasteiger partial charge on any atom is 0.335 e. The summed E-state index contributed by atoms with van der Waals surface area (Å²) in [5, 5.41) is 0. The number of esters is 1. The molecule has 1 rings (SSSR count). The molecule has 0 aliphatic rings. The Morgan fingerprint density at radius 1 is 1.08 bits per heavy atom. The highest BCUT2D eigenvalue weighted by molar-refractivity contribution is 7.54. The van der Waals surface area contributed by atoms with E-state index in [1.807, 2.05) is 30.3 Å². The molecule has 0 unspecified atom stereocenters. The zero-order chi connectivity index (χ0) is 18.2. The lowest BCUT2D eigenvalue weighted by Crippen LogP contribution is -2.12. The average Bonchev–Trinajstić information content (AvgIpc) is 2.45. The van der Waals surface area contributed by atoms with Crippen LogP contribution in [0.5, 0.6) is 0 Å². The Labute approximate surface area is 144 Å². The average molecular weight is 354 g/mol. The summed E-state index contributed by atoms with van der Waals surface area (Å²) in [7, 11) is -3.40. The lowest BCUT2D eigenvalue weighted by atomic mass is 10.1. The summed E-state index contributed by atoms with van der Waals surface area (Å²) in [5.41, 5.74) is 1.35. The topological polar surface area (TPSA) is 61.8 Å². The third-order valence-corrected chi connectivity index (χ3v) is 5.04. The van der Waals surface area contributed by atoms with Crippen molar-refractivity contribution in [1.29, 1.82) is 0 Å². The molecular formula is C18H27O5P. The van der Waals surface area contributed by atoms with E-state index in [-0.39, 0.29) is 25.0 Å². The first-order valence-electron chi connectivity index (χ1n) is 8.14. The monoisotopic (exact) mass is 354 g/mol. The Bertz CT molecular complexity index is 579. The molecular weight excluding hydrogens is 327 g/mol. The fourth-order valence-electron chi connectivity index (χ4n) is 2.15. The summed E-state index contributed by atoms with van der Waals surface area (Å²) in [5.74, 6) is -0.475. The summed E-state index contributed by atoms with van der Waals surface area (Å²) < 4.78 is 29.3. The van der Waals surface area contributed by atoms with Gasteiger partial charge in [0, 0.05) is 6.08 Å². The van der Waals surface area contributed by atoms with Gasteiger partial charge in [0.05, 0.1) is 25.0 Å². The van der Waals surface area contributed by atoms with Crippen LogP contribution in [0, 0.1) is 0 Å². The van der Waals surface area contributed by atoms with E-state index < -0.39 is 13.6 Å². The van der Waals surface area contributed by atoms with Gasteiger partial charge in [0.2, 0.25) is 0 Å². The van der Waals surface area contributed by atoms with E-state index in [4.69, 9.17) is 13.8 Å². The number of benzene rings is 1. The molecule has 134 valence electrons. The Balaban J connectivity index is 3.17. The van der Waals surface area contributed by atoms with Crippen LogP contribution in [0.25, 0.3) is 5.57 Å². The molecule has 1 aromatic carbocycles. The van der Waals surface area contributed by atoms with E-state index in [2.05, 4.69) is 0 Å². The fourth-order valence-corrected chi connectivity index (χ4v) is 4.32. The van der Waals surface area contributed by atoms with Gasteiger partial charge >= 0.3 is 13.6 Å². The second-order valence-electron chi connectivity index (χ2n) is 5.86. The number of rotatable bonds is 9. The molecule has 0 amide bonds. The SMILES string of the molecule is CCOC(=O)/C=C(\CP(=O)(OC(C)C)OC(C)C)c1ccccc1. The fraction of sp³-hybridized carbons (Fsp3) is 0.500. The van der Waals surface area contributed by atoms with E-state index in [0.717, 1.165) is 5.56 Å². The number of carbonyl (C=O) groups is 1. The molecule has 6 heteroatoms. The third kappa shape index (κ3) is 7.43. The highest BCUT2D eigenvalue weighted by Crippen LogP contribution is 2.53. The van der Waals surface area contributed by atoms with Crippen molar-refractivity contribution in [2.75, 3.05) is 12.8 Å². The van der Waals surface area contributed by atoms with Crippen LogP contribution in [0.2, 0.25) is 0 Å². The standard InChI is InChI=1S/C18H27O5P/c1-6-21-18(19)12-17(16-10-8-7-9-11-16)13-24(20,22-14(2)3)23-15(4)5/h7-12,14-15H,6,13H2,1-5H3/b17-12+. The smallest absolute Gasteiger partial charge is 0.335 e. The van der Waals surface area contributed by atoms with Gasteiger partial charge in [0.25, 0.3) is 0 Å². The minimum Gasteiger partial charge on any atom is -0.463 e. The Hall–Kier alpha value is -1.42. The molecule has 0 bridgehead atoms. The summed E-state index contributed by atoms with van der Waals surface area (Å²) in [6.07, 6.45) is 0.855. The molecule has 0 heterocycles. The van der Waals surface area contributed by atoms with Crippen molar-refractivity contribution in [3.63, 3.8) is 0 Å². The van der Waals surface area contributed by atoms with Crippen LogP contribution in [-0.4, -0.2) is 30.9 Å². The summed E-state index contributed by atoms with van der Waals surface area (Å²) in [6.45, 7) is 9.21. The summed E-state index contributed by atoms with van der Waals surface area (Å²) in [6, 6.07) is 9.28. The van der Waals surface area contributed by atoms with Crippen molar-refractivity contribution < 1.29 is 23.1 Å². The number of hydrogen-bond donors (Lipinski definition) is 0. The Kier molecular flexibility index (Phi) is 8.40. The third-order valence-electron chi connectivity index (χ3n) is 2.83. The first-order chi connectivity index (χ1) is 11.3. The second kappa shape index (κ2) is 9.77. The van der Waals surface area contributed by atoms with E-state index in [9.17, 15) is 9.36 Å². The van der Waals surface area contributed by atoms with E-state index in [1.165, 1.54) is 6.08 Å². The van der Waals surface area contributed by atoms with Gasteiger partial charge in [0.15, 0.2) is 0 Å². The molecule has 0 radical (unpaired) electrons. The number of allylic oxidation sites excluding steroid dienone is 1. The van der Waals surface area contributed by atoms with Crippen molar-refractivity contribution in [1.82, 2.24) is 0 Å². The van der Waals surface area contributed by atoms with Gasteiger partial charge in [-0.25, -0.2) is 4.79 Å². The first-order valence-corrected chi connectivity index (χ1v) is 9.87. The van der Waals surface area contributed by atoms with E-state index in [0.29, 0.717) is 5.57 Å². The van der Waals surface area contributed by atoms with Gasteiger partial charge in [-0.05, 0) is 45.8 Å². The lowest BCUT2D eigenvalue weighted by Gasteiger charge is -2.24. The highest BCUT2D eigenvalue weighted by Gasteiger charge is 2.30. The molecule has 0 fully saturated rings. The van der Waals surface area contributed by atoms with Crippen LogP contribution in [-0.2, 0) is 23.1 Å². The minimum absolute atomic E-state index is 0.00614. The van der Waals surface area contributed by atoms with Crippen LogP contribution in [0.15, 0.2) is 36.4 Å². The number of hydrogen-bond acceptors (Lipinski definition) is 5. The molecule has 0 aliphatic heterocycles. The number of ether oxygens (including phenoxy) is 1. The number of carbonyl (C=O) groups excluding carboxylic acids is 1. The van der Waals surface area contributed by atoms with Gasteiger partial charge in [-0.2, -0.15) is 0 Å². The molecule has 0 saturated heterocycles. The zero-order valence-corrected chi connectivity index (χ0v) is 15.9. The molecule has 24 heavy (non-hydrogen) atoms. The van der Waals surface area contributed by atoms with Gasteiger partial charge in [-0.15, -0.1) is 0 Å². The predicted molar refractivity (Wildman–Crippen MR) is 96.0 cm³/mol. The van der Waals surface area contributed by atoms with Crippen LogP contribution >= 0.6 is 7.60 Å². The first kappa shape index (κ1) is 20.6. The molecule has 0 spiro atoms. The molecule has 0 aliphatic carbocycles. The maximum absolute atomic E-state index is 13.1. The largest absolute Gasteiger partial charge is 0.463 e. The molecule has 0 atom stereocenters. The van der Waals surface area contributed by atoms with Crippen molar-refractivity contribution in [2.24, 2.45) is 0 Å². The van der Waals surface area contributed by atoms with Gasteiger partial charge < -0.3 is 13.8 Å². The molecule has 0 aromatic heterocycles. The molecule has 0 saturated carbocycles. The van der Waals surface area contributed by atoms with E-state index >= 15 is 0 Å². The summed E-state index contributed by atoms with van der Waals surface area (Å²) >= 11 is 0. The van der Waals surface area contributed by atoms with Crippen molar-refractivity contribution >= 4 is 19.1 Å². The quantitative estimate of drug-likeness (QED) is 0.366. The molecule has 1 aromatic rings. The maximum atomic E-state index is 13.1. The van der Waals surface area contributed by atoms with E-state index in [1.54, 1.807) is 34.6 Å². The molecule has 0 N–H and O–H groups in total. The van der Waals surface area contributed by atoms with Crippen molar-refractivity contribution in [3.8, 4) is 0 Å². The Morgan fingerprint density at radius 3 is 2.08 bits per heavy atom. The molecule has 5 nitrogen and oxygen atoms in total. The normalized spacial score (nSPS) is 12.7. The van der Waals surface area contributed by atoms with Crippen molar-refractivity contribution in [3.05, 3.63) is 42.0 Å². The lowest BCUT2D eigenvalue weighted by molar-refractivity contribution is -0.137. The minimum atomic E-state index is -3.40. The predicted octanol–water partition coefficient (Wildman–Crippen LogP) is 4.68. The second-order valence-corrected chi connectivity index (χ2v) is 7.82. The van der Waals surface area contributed by atoms with Crippen molar-refractivity contribution in [2.45, 2.75) is 46.8 Å². The van der Waals surface area contributed by atoms with Crippen LogP contribution in [0.1, 0.15) is 40.2 Å². The van der Waals surface area contributed by atoms with Crippen LogP contribution < -0.4 is 0 Å².